The first-order chi connectivity index (χ1) is 10.2. The molecule has 1 N–H and O–H groups in total. The molecule has 0 atom stereocenters. The van der Waals surface area contributed by atoms with Crippen LogP contribution in [-0.2, 0) is 0 Å². The lowest BCUT2D eigenvalue weighted by Crippen LogP contribution is -2.44. The van der Waals surface area contributed by atoms with Gasteiger partial charge in [0.2, 0.25) is 0 Å². The second kappa shape index (κ2) is 6.05. The molecule has 1 saturated heterocycles. The molecule has 0 saturated carbocycles. The van der Waals surface area contributed by atoms with Gasteiger partial charge in [0.25, 0.3) is 5.56 Å². The van der Waals surface area contributed by atoms with Crippen molar-refractivity contribution in [3.63, 3.8) is 0 Å². The Bertz CT molecular complexity index is 693. The third kappa shape index (κ3) is 2.90. The van der Waals surface area contributed by atoms with E-state index in [1.165, 1.54) is 4.68 Å². The molecule has 0 amide bonds. The van der Waals surface area contributed by atoms with Gasteiger partial charge in [-0.3, -0.25) is 4.79 Å². The predicted octanol–water partition coefficient (Wildman–Crippen LogP) is 1.95. The lowest BCUT2D eigenvalue weighted by Gasteiger charge is -2.29. The second-order valence-electron chi connectivity index (χ2n) is 4.77. The van der Waals surface area contributed by atoms with Gasteiger partial charge in [0.1, 0.15) is 5.02 Å². The smallest absolute Gasteiger partial charge is 0.292 e. The highest BCUT2D eigenvalue weighted by atomic mass is 35.5. The topological polar surface area (TPSA) is 50.2 Å². The zero-order valence-electron chi connectivity index (χ0n) is 11.2. The molecule has 1 aliphatic rings. The van der Waals surface area contributed by atoms with Crippen LogP contribution in [-0.4, -0.2) is 36.0 Å². The summed E-state index contributed by atoms with van der Waals surface area (Å²) in [7, 11) is 0. The number of nitrogens with zero attached hydrogens (tertiary/aromatic N) is 3. The van der Waals surface area contributed by atoms with Gasteiger partial charge in [-0.25, -0.2) is 0 Å². The van der Waals surface area contributed by atoms with Gasteiger partial charge < -0.3 is 10.2 Å². The van der Waals surface area contributed by atoms with Crippen molar-refractivity contribution >= 4 is 28.9 Å². The molecule has 2 heterocycles. The van der Waals surface area contributed by atoms with Crippen LogP contribution in [0.25, 0.3) is 5.69 Å². The van der Waals surface area contributed by atoms with Gasteiger partial charge in [0.15, 0.2) is 0 Å². The van der Waals surface area contributed by atoms with E-state index in [4.69, 9.17) is 23.2 Å². The molecule has 21 heavy (non-hydrogen) atoms. The fourth-order valence-electron chi connectivity index (χ4n) is 2.32. The van der Waals surface area contributed by atoms with Crippen LogP contribution < -0.4 is 15.8 Å². The second-order valence-corrected chi connectivity index (χ2v) is 5.59. The van der Waals surface area contributed by atoms with E-state index in [0.717, 1.165) is 26.2 Å². The molecular formula is C14H14Cl2N4O. The summed E-state index contributed by atoms with van der Waals surface area (Å²) in [6, 6.07) is 6.89. The summed E-state index contributed by atoms with van der Waals surface area (Å²) >= 11 is 12.1. The van der Waals surface area contributed by atoms with Crippen molar-refractivity contribution in [1.29, 1.82) is 0 Å². The highest BCUT2D eigenvalue weighted by molar-refractivity contribution is 6.33. The van der Waals surface area contributed by atoms with Crippen molar-refractivity contribution in [2.45, 2.75) is 0 Å². The Hall–Kier alpha value is -1.56. The first kappa shape index (κ1) is 14.4. The minimum atomic E-state index is -0.324. The first-order valence-corrected chi connectivity index (χ1v) is 7.42. The van der Waals surface area contributed by atoms with Crippen molar-refractivity contribution in [2.75, 3.05) is 31.1 Å². The number of rotatable bonds is 2. The fourth-order valence-corrected chi connectivity index (χ4v) is 2.69. The minimum Gasteiger partial charge on any atom is -0.366 e. The van der Waals surface area contributed by atoms with E-state index in [1.54, 1.807) is 30.5 Å². The standard InChI is InChI=1S/C14H14Cl2N4O/c15-10-1-3-11(4-2-10)20-14(21)13(16)12(9-18-20)19-7-5-17-6-8-19/h1-4,9,17H,5-8H2. The van der Waals surface area contributed by atoms with Gasteiger partial charge in [0.05, 0.1) is 17.6 Å². The van der Waals surface area contributed by atoms with Gasteiger partial charge in [-0.2, -0.15) is 9.78 Å². The lowest BCUT2D eigenvalue weighted by atomic mass is 10.3. The zero-order chi connectivity index (χ0) is 14.8. The summed E-state index contributed by atoms with van der Waals surface area (Å²) < 4.78 is 1.28. The van der Waals surface area contributed by atoms with Crippen LogP contribution in [0.1, 0.15) is 0 Å². The maximum atomic E-state index is 12.4. The number of benzene rings is 1. The number of hydrogen-bond donors (Lipinski definition) is 1. The van der Waals surface area contributed by atoms with E-state index in [-0.39, 0.29) is 10.6 Å². The number of nitrogens with one attached hydrogen (secondary N) is 1. The van der Waals surface area contributed by atoms with Crippen molar-refractivity contribution in [3.8, 4) is 5.69 Å². The highest BCUT2D eigenvalue weighted by Crippen LogP contribution is 2.22. The average Bonchev–Trinajstić information content (AvgIpc) is 2.52. The lowest BCUT2D eigenvalue weighted by molar-refractivity contribution is 0.587. The largest absolute Gasteiger partial charge is 0.366 e. The van der Waals surface area contributed by atoms with Crippen LogP contribution in [0.4, 0.5) is 5.69 Å². The molecule has 0 aliphatic carbocycles. The molecular weight excluding hydrogens is 311 g/mol. The third-order valence-electron chi connectivity index (χ3n) is 3.43. The average molecular weight is 325 g/mol. The van der Waals surface area contributed by atoms with Crippen molar-refractivity contribution in [1.82, 2.24) is 15.1 Å². The molecule has 1 aromatic carbocycles. The van der Waals surface area contributed by atoms with Crippen LogP contribution >= 0.6 is 23.2 Å². The monoisotopic (exact) mass is 324 g/mol. The zero-order valence-corrected chi connectivity index (χ0v) is 12.7. The molecule has 3 rings (SSSR count). The summed E-state index contributed by atoms with van der Waals surface area (Å²) in [5.74, 6) is 0. The van der Waals surface area contributed by atoms with Gasteiger partial charge in [-0.1, -0.05) is 23.2 Å². The molecule has 0 unspecified atom stereocenters. The fraction of sp³-hybridized carbons (Fsp3) is 0.286. The normalized spacial score (nSPS) is 15.2. The number of anilines is 1. The van der Waals surface area contributed by atoms with Gasteiger partial charge in [-0.05, 0) is 24.3 Å². The predicted molar refractivity (Wildman–Crippen MR) is 84.9 cm³/mol. The maximum Gasteiger partial charge on any atom is 0.292 e. The Balaban J connectivity index is 2.00. The summed E-state index contributed by atoms with van der Waals surface area (Å²) in [5.41, 5.74) is 1.00. The van der Waals surface area contributed by atoms with Crippen LogP contribution in [0.2, 0.25) is 10.0 Å². The molecule has 1 fully saturated rings. The van der Waals surface area contributed by atoms with E-state index in [1.807, 2.05) is 0 Å². The Kier molecular flexibility index (Phi) is 4.14. The molecule has 5 nitrogen and oxygen atoms in total. The highest BCUT2D eigenvalue weighted by Gasteiger charge is 2.17. The van der Waals surface area contributed by atoms with Crippen molar-refractivity contribution in [2.24, 2.45) is 0 Å². The van der Waals surface area contributed by atoms with Crippen LogP contribution in [0.15, 0.2) is 35.3 Å². The Morgan fingerprint density at radius 1 is 1.10 bits per heavy atom. The maximum absolute atomic E-state index is 12.4. The number of piperazine rings is 1. The van der Waals surface area contributed by atoms with Crippen LogP contribution in [0, 0.1) is 0 Å². The van der Waals surface area contributed by atoms with E-state index in [0.29, 0.717) is 16.4 Å². The van der Waals surface area contributed by atoms with E-state index in [9.17, 15) is 4.79 Å². The molecule has 7 heteroatoms. The molecule has 110 valence electrons. The SMILES string of the molecule is O=c1c(Cl)c(N2CCNCC2)cnn1-c1ccc(Cl)cc1. The minimum absolute atomic E-state index is 0.196. The molecule has 2 aromatic rings. The van der Waals surface area contributed by atoms with Crippen LogP contribution in [0.3, 0.4) is 0 Å². The first-order valence-electron chi connectivity index (χ1n) is 6.66. The third-order valence-corrected chi connectivity index (χ3v) is 4.04. The molecule has 0 radical (unpaired) electrons. The Morgan fingerprint density at radius 3 is 2.43 bits per heavy atom. The molecule has 1 aromatic heterocycles. The summed E-state index contributed by atoms with van der Waals surface area (Å²) in [4.78, 5) is 14.5. The van der Waals surface area contributed by atoms with E-state index in [2.05, 4.69) is 15.3 Å². The number of aromatic nitrogens is 2. The number of halogens is 2. The van der Waals surface area contributed by atoms with E-state index < -0.39 is 0 Å². The Labute approximate surface area is 132 Å². The van der Waals surface area contributed by atoms with Crippen molar-refractivity contribution in [3.05, 3.63) is 50.9 Å². The van der Waals surface area contributed by atoms with E-state index >= 15 is 0 Å². The molecule has 1 aliphatic heterocycles. The van der Waals surface area contributed by atoms with Gasteiger partial charge in [-0.15, -0.1) is 0 Å². The van der Waals surface area contributed by atoms with Crippen molar-refractivity contribution < 1.29 is 0 Å². The Morgan fingerprint density at radius 2 is 1.76 bits per heavy atom. The summed E-state index contributed by atoms with van der Waals surface area (Å²) in [6.45, 7) is 3.37. The molecule has 0 spiro atoms. The molecule has 0 bridgehead atoms. The summed E-state index contributed by atoms with van der Waals surface area (Å²) in [6.07, 6.45) is 1.64. The number of hydrogen-bond acceptors (Lipinski definition) is 4. The quantitative estimate of drug-likeness (QED) is 0.917. The van der Waals surface area contributed by atoms with Gasteiger partial charge in [0, 0.05) is 31.2 Å². The summed E-state index contributed by atoms with van der Waals surface area (Å²) in [5, 5.41) is 8.29. The van der Waals surface area contributed by atoms with Crippen LogP contribution in [0.5, 0.6) is 0 Å². The van der Waals surface area contributed by atoms with Gasteiger partial charge >= 0.3 is 0 Å².